The summed E-state index contributed by atoms with van der Waals surface area (Å²) in [6, 6.07) is 2.61. The minimum Gasteiger partial charge on any atom is -0.300 e. The molecule has 2 aliphatic heterocycles. The van der Waals surface area contributed by atoms with Crippen LogP contribution in [0, 0.1) is 11.7 Å². The Kier molecular flexibility index (Phi) is 4.21. The van der Waals surface area contributed by atoms with E-state index in [0.29, 0.717) is 25.0 Å². The molecule has 0 saturated carbocycles. The molecule has 6 heteroatoms. The third-order valence-corrected chi connectivity index (χ3v) is 5.27. The molecular weight excluding hydrogens is 310 g/mol. The SMILES string of the molecule is CN1C2CCCC1CC(C(=O)c1cc(C(F)(F)F)ccc1F)C2. The van der Waals surface area contributed by atoms with Crippen molar-refractivity contribution in [3.8, 4) is 0 Å². The lowest BCUT2D eigenvalue weighted by atomic mass is 9.76. The summed E-state index contributed by atoms with van der Waals surface area (Å²) in [4.78, 5) is 14.9. The molecule has 3 rings (SSSR count). The molecule has 2 fully saturated rings. The molecular formula is C17H19F4NO. The van der Waals surface area contributed by atoms with Gasteiger partial charge in [0.05, 0.1) is 11.1 Å². The van der Waals surface area contributed by atoms with Gasteiger partial charge < -0.3 is 4.90 Å². The molecule has 126 valence electrons. The first-order valence-electron chi connectivity index (χ1n) is 7.90. The highest BCUT2D eigenvalue weighted by molar-refractivity contribution is 5.98. The Balaban J connectivity index is 1.86. The van der Waals surface area contributed by atoms with Gasteiger partial charge in [-0.15, -0.1) is 0 Å². The predicted molar refractivity (Wildman–Crippen MR) is 77.6 cm³/mol. The van der Waals surface area contributed by atoms with Crippen molar-refractivity contribution in [2.75, 3.05) is 7.05 Å². The van der Waals surface area contributed by atoms with Gasteiger partial charge >= 0.3 is 6.18 Å². The number of rotatable bonds is 2. The normalized spacial score (nSPS) is 28.7. The van der Waals surface area contributed by atoms with Crippen LogP contribution in [0.1, 0.15) is 48.0 Å². The molecule has 0 spiro atoms. The van der Waals surface area contributed by atoms with Gasteiger partial charge in [-0.05, 0) is 50.9 Å². The van der Waals surface area contributed by atoms with Crippen LogP contribution in [0.15, 0.2) is 18.2 Å². The summed E-state index contributed by atoms with van der Waals surface area (Å²) < 4.78 is 52.3. The standard InChI is InChI=1S/C17H19F4NO/c1-22-12-3-2-4-13(22)8-10(7-12)16(23)14-9-11(17(19,20)21)5-6-15(14)18/h5-6,9-10,12-13H,2-4,7-8H2,1H3. The van der Waals surface area contributed by atoms with E-state index in [9.17, 15) is 22.4 Å². The van der Waals surface area contributed by atoms with E-state index in [2.05, 4.69) is 4.90 Å². The number of carbonyl (C=O) groups excluding carboxylic acids is 1. The van der Waals surface area contributed by atoms with Gasteiger partial charge in [0, 0.05) is 18.0 Å². The van der Waals surface area contributed by atoms with Crippen molar-refractivity contribution >= 4 is 5.78 Å². The van der Waals surface area contributed by atoms with Crippen LogP contribution in [-0.2, 0) is 6.18 Å². The molecule has 0 amide bonds. The Morgan fingerprint density at radius 2 is 1.78 bits per heavy atom. The summed E-state index contributed by atoms with van der Waals surface area (Å²) in [6.07, 6.45) is -0.294. The van der Waals surface area contributed by atoms with Crippen LogP contribution in [0.25, 0.3) is 0 Å². The summed E-state index contributed by atoms with van der Waals surface area (Å²) in [5.74, 6) is -1.75. The fourth-order valence-electron chi connectivity index (χ4n) is 3.94. The van der Waals surface area contributed by atoms with Gasteiger partial charge in [-0.1, -0.05) is 6.42 Å². The number of hydrogen-bond acceptors (Lipinski definition) is 2. The van der Waals surface area contributed by atoms with Gasteiger partial charge in [0.25, 0.3) is 0 Å². The van der Waals surface area contributed by atoms with E-state index in [1.807, 2.05) is 7.05 Å². The third-order valence-electron chi connectivity index (χ3n) is 5.27. The Morgan fingerprint density at radius 1 is 1.17 bits per heavy atom. The smallest absolute Gasteiger partial charge is 0.300 e. The molecule has 2 unspecified atom stereocenters. The molecule has 2 bridgehead atoms. The minimum atomic E-state index is -4.58. The van der Waals surface area contributed by atoms with E-state index >= 15 is 0 Å². The summed E-state index contributed by atoms with van der Waals surface area (Å²) in [6.45, 7) is 0. The summed E-state index contributed by atoms with van der Waals surface area (Å²) in [5.41, 5.74) is -1.40. The first-order chi connectivity index (χ1) is 10.8. The number of fused-ring (bicyclic) bond motifs is 2. The topological polar surface area (TPSA) is 20.3 Å². The van der Waals surface area contributed by atoms with Crippen molar-refractivity contribution in [1.82, 2.24) is 4.90 Å². The van der Waals surface area contributed by atoms with Crippen molar-refractivity contribution in [2.45, 2.75) is 50.4 Å². The zero-order valence-electron chi connectivity index (χ0n) is 12.9. The number of Topliss-reactive ketones (excluding diaryl/α,β-unsaturated/α-hetero) is 1. The molecule has 0 N–H and O–H groups in total. The number of halogens is 4. The number of ketones is 1. The molecule has 1 aromatic carbocycles. The molecule has 2 aliphatic rings. The van der Waals surface area contributed by atoms with Crippen molar-refractivity contribution in [1.29, 1.82) is 0 Å². The van der Waals surface area contributed by atoms with E-state index in [4.69, 9.17) is 0 Å². The van der Waals surface area contributed by atoms with Crippen molar-refractivity contribution in [2.24, 2.45) is 5.92 Å². The largest absolute Gasteiger partial charge is 0.416 e. The number of benzene rings is 1. The molecule has 0 radical (unpaired) electrons. The second-order valence-electron chi connectivity index (χ2n) is 6.63. The predicted octanol–water partition coefficient (Wildman–Crippen LogP) is 4.29. The molecule has 2 heterocycles. The van der Waals surface area contributed by atoms with Crippen molar-refractivity contribution in [3.05, 3.63) is 35.1 Å². The van der Waals surface area contributed by atoms with Crippen LogP contribution in [0.4, 0.5) is 17.6 Å². The van der Waals surface area contributed by atoms with Gasteiger partial charge in [0.2, 0.25) is 0 Å². The van der Waals surface area contributed by atoms with E-state index in [1.165, 1.54) is 0 Å². The number of piperidine rings is 2. The number of alkyl halides is 3. The highest BCUT2D eigenvalue weighted by Crippen LogP contribution is 2.38. The zero-order valence-corrected chi connectivity index (χ0v) is 12.9. The maximum Gasteiger partial charge on any atom is 0.416 e. The van der Waals surface area contributed by atoms with Crippen LogP contribution in [0.3, 0.4) is 0 Å². The minimum absolute atomic E-state index is 0.269. The fourth-order valence-corrected chi connectivity index (χ4v) is 3.94. The highest BCUT2D eigenvalue weighted by Gasteiger charge is 2.40. The van der Waals surface area contributed by atoms with Crippen LogP contribution < -0.4 is 0 Å². The van der Waals surface area contributed by atoms with Crippen molar-refractivity contribution in [3.63, 3.8) is 0 Å². The van der Waals surface area contributed by atoms with Gasteiger partial charge in [0.1, 0.15) is 5.82 Å². The van der Waals surface area contributed by atoms with Crippen LogP contribution in [0.5, 0.6) is 0 Å². The first kappa shape index (κ1) is 16.4. The summed E-state index contributed by atoms with van der Waals surface area (Å²) in [5, 5.41) is 0. The summed E-state index contributed by atoms with van der Waals surface area (Å²) in [7, 11) is 2.03. The summed E-state index contributed by atoms with van der Waals surface area (Å²) >= 11 is 0. The van der Waals surface area contributed by atoms with Gasteiger partial charge in [-0.3, -0.25) is 4.79 Å². The quantitative estimate of drug-likeness (QED) is 0.596. The Bertz CT molecular complexity index is 599. The average Bonchev–Trinajstić information content (AvgIpc) is 2.45. The highest BCUT2D eigenvalue weighted by atomic mass is 19.4. The van der Waals surface area contributed by atoms with Gasteiger partial charge in [-0.25, -0.2) is 4.39 Å². The van der Waals surface area contributed by atoms with Crippen LogP contribution in [-0.4, -0.2) is 29.8 Å². The van der Waals surface area contributed by atoms with E-state index in [0.717, 1.165) is 25.3 Å². The second-order valence-corrected chi connectivity index (χ2v) is 6.63. The number of nitrogens with zero attached hydrogens (tertiary/aromatic N) is 1. The van der Waals surface area contributed by atoms with E-state index in [-0.39, 0.29) is 18.0 Å². The molecule has 2 nitrogen and oxygen atoms in total. The maximum absolute atomic E-state index is 13.9. The molecule has 2 atom stereocenters. The third kappa shape index (κ3) is 3.13. The Morgan fingerprint density at radius 3 is 2.35 bits per heavy atom. The molecule has 2 saturated heterocycles. The first-order valence-corrected chi connectivity index (χ1v) is 7.90. The number of carbonyl (C=O) groups is 1. The van der Waals surface area contributed by atoms with Gasteiger partial charge in [-0.2, -0.15) is 13.2 Å². The lowest BCUT2D eigenvalue weighted by molar-refractivity contribution is -0.137. The van der Waals surface area contributed by atoms with Crippen LogP contribution in [0.2, 0.25) is 0 Å². The van der Waals surface area contributed by atoms with Crippen molar-refractivity contribution < 1.29 is 22.4 Å². The Labute approximate surface area is 132 Å². The van der Waals surface area contributed by atoms with Gasteiger partial charge in [0.15, 0.2) is 5.78 Å². The zero-order chi connectivity index (χ0) is 16.8. The maximum atomic E-state index is 13.9. The lowest BCUT2D eigenvalue weighted by Crippen LogP contribution is -2.51. The molecule has 1 aromatic rings. The average molecular weight is 329 g/mol. The fraction of sp³-hybridized carbons (Fsp3) is 0.588. The molecule has 0 aliphatic carbocycles. The number of hydrogen-bond donors (Lipinski definition) is 0. The second kappa shape index (κ2) is 5.89. The molecule has 23 heavy (non-hydrogen) atoms. The van der Waals surface area contributed by atoms with E-state index < -0.39 is 28.9 Å². The monoisotopic (exact) mass is 329 g/mol. The Hall–Kier alpha value is -1.43. The van der Waals surface area contributed by atoms with E-state index in [1.54, 1.807) is 0 Å². The lowest BCUT2D eigenvalue weighted by Gasteiger charge is -2.46. The molecule has 0 aromatic heterocycles. The van der Waals surface area contributed by atoms with Crippen LogP contribution >= 0.6 is 0 Å².